The van der Waals surface area contributed by atoms with Crippen molar-refractivity contribution < 1.29 is 4.79 Å². The predicted molar refractivity (Wildman–Crippen MR) is 106 cm³/mol. The molecular weight excluding hydrogens is 356 g/mol. The van der Waals surface area contributed by atoms with E-state index in [4.69, 9.17) is 0 Å². The van der Waals surface area contributed by atoms with Crippen LogP contribution in [0.4, 0.5) is 5.13 Å². The van der Waals surface area contributed by atoms with Crippen LogP contribution >= 0.6 is 34.4 Å². The molecule has 0 atom stereocenters. The van der Waals surface area contributed by atoms with Crippen molar-refractivity contribution in [2.24, 2.45) is 0 Å². The van der Waals surface area contributed by atoms with E-state index in [1.807, 2.05) is 40.7 Å². The Morgan fingerprint density at radius 1 is 1.12 bits per heavy atom. The van der Waals surface area contributed by atoms with E-state index in [-0.39, 0.29) is 5.91 Å². The van der Waals surface area contributed by atoms with Crippen molar-refractivity contribution in [3.05, 3.63) is 58.8 Å². The fourth-order valence-corrected chi connectivity index (χ4v) is 4.56. The second kappa shape index (κ2) is 9.01. The number of carbonyl (C=O) groups excluding carboxylic acids is 1. The van der Waals surface area contributed by atoms with Gasteiger partial charge in [0.15, 0.2) is 5.13 Å². The number of thiophene rings is 1. The van der Waals surface area contributed by atoms with E-state index in [0.29, 0.717) is 11.6 Å². The lowest BCUT2D eigenvalue weighted by Crippen LogP contribution is -2.11. The van der Waals surface area contributed by atoms with Gasteiger partial charge in [0.25, 0.3) is 0 Å². The third-order valence-electron chi connectivity index (χ3n) is 3.33. The zero-order valence-corrected chi connectivity index (χ0v) is 15.6. The number of nitrogens with one attached hydrogen (secondary N) is 1. The summed E-state index contributed by atoms with van der Waals surface area (Å²) < 4.78 is 0. The summed E-state index contributed by atoms with van der Waals surface area (Å²) in [6.45, 7) is 0. The summed E-state index contributed by atoms with van der Waals surface area (Å²) in [5.41, 5.74) is 2.26. The molecule has 3 rings (SSSR count). The highest BCUT2D eigenvalue weighted by Crippen LogP contribution is 2.28. The highest BCUT2D eigenvalue weighted by atomic mass is 32.2. The number of benzene rings is 1. The molecule has 6 heteroatoms. The lowest BCUT2D eigenvalue weighted by molar-refractivity contribution is -0.116. The maximum Gasteiger partial charge on any atom is 0.226 e. The molecule has 3 aromatic rings. The first-order chi connectivity index (χ1) is 11.8. The molecule has 124 valence electrons. The number of carbonyl (C=O) groups is 1. The topological polar surface area (TPSA) is 42.0 Å². The largest absolute Gasteiger partial charge is 0.302 e. The minimum absolute atomic E-state index is 0.0439. The first-order valence-electron chi connectivity index (χ1n) is 7.72. The molecule has 0 saturated carbocycles. The Hall–Kier alpha value is -1.63. The number of thiazole rings is 1. The van der Waals surface area contributed by atoms with Gasteiger partial charge in [0.05, 0.1) is 10.6 Å². The van der Waals surface area contributed by atoms with Crippen molar-refractivity contribution in [2.75, 3.05) is 11.1 Å². The number of aromatic nitrogens is 1. The van der Waals surface area contributed by atoms with E-state index in [1.165, 1.54) is 16.9 Å². The van der Waals surface area contributed by atoms with Crippen LogP contribution < -0.4 is 5.32 Å². The van der Waals surface area contributed by atoms with Gasteiger partial charge in [-0.1, -0.05) is 36.4 Å². The van der Waals surface area contributed by atoms with Crippen LogP contribution in [0.1, 0.15) is 18.4 Å². The Bertz CT molecular complexity index is 754. The Kier molecular flexibility index (Phi) is 6.46. The number of rotatable bonds is 8. The number of hydrogen-bond acceptors (Lipinski definition) is 5. The number of nitrogens with zero attached hydrogens (tertiary/aromatic N) is 1. The standard InChI is InChI=1S/C18H18N2OS3/c21-17(9-5-10-22-12-14-6-2-1-3-7-14)20-18-19-15(13-24-18)16-8-4-11-23-16/h1-4,6-8,11,13H,5,9-10,12H2,(H,19,20,21). The van der Waals surface area contributed by atoms with Gasteiger partial charge in [-0.2, -0.15) is 11.8 Å². The predicted octanol–water partition coefficient (Wildman–Crippen LogP) is 5.52. The van der Waals surface area contributed by atoms with Gasteiger partial charge in [-0.25, -0.2) is 4.98 Å². The summed E-state index contributed by atoms with van der Waals surface area (Å²) in [4.78, 5) is 17.6. The van der Waals surface area contributed by atoms with E-state index in [1.54, 1.807) is 11.3 Å². The zero-order valence-electron chi connectivity index (χ0n) is 13.1. The van der Waals surface area contributed by atoms with Crippen molar-refractivity contribution in [1.29, 1.82) is 0 Å². The molecule has 0 bridgehead atoms. The maximum atomic E-state index is 12.0. The molecule has 3 nitrogen and oxygen atoms in total. The van der Waals surface area contributed by atoms with Crippen LogP contribution in [0.25, 0.3) is 10.6 Å². The highest BCUT2D eigenvalue weighted by Gasteiger charge is 2.08. The van der Waals surface area contributed by atoms with Gasteiger partial charge < -0.3 is 5.32 Å². The van der Waals surface area contributed by atoms with Crippen LogP contribution in [0, 0.1) is 0 Å². The van der Waals surface area contributed by atoms with Crippen molar-refractivity contribution in [1.82, 2.24) is 4.98 Å². The molecule has 1 amide bonds. The molecule has 0 unspecified atom stereocenters. The summed E-state index contributed by atoms with van der Waals surface area (Å²) in [6.07, 6.45) is 1.42. The van der Waals surface area contributed by atoms with Gasteiger partial charge in [-0.05, 0) is 29.2 Å². The number of amides is 1. The van der Waals surface area contributed by atoms with Crippen molar-refractivity contribution in [3.63, 3.8) is 0 Å². The van der Waals surface area contributed by atoms with Crippen molar-refractivity contribution >= 4 is 45.5 Å². The van der Waals surface area contributed by atoms with Crippen LogP contribution in [0.15, 0.2) is 53.2 Å². The molecule has 0 aliphatic heterocycles. The molecule has 0 radical (unpaired) electrons. The third kappa shape index (κ3) is 5.19. The van der Waals surface area contributed by atoms with Gasteiger partial charge in [-0.15, -0.1) is 22.7 Å². The second-order valence-electron chi connectivity index (χ2n) is 5.21. The van der Waals surface area contributed by atoms with Crippen LogP contribution in [-0.2, 0) is 10.5 Å². The monoisotopic (exact) mass is 374 g/mol. The second-order valence-corrected chi connectivity index (χ2v) is 8.12. The Morgan fingerprint density at radius 2 is 2.00 bits per heavy atom. The molecule has 2 aromatic heterocycles. The van der Waals surface area contributed by atoms with Gasteiger partial charge in [0.2, 0.25) is 5.91 Å². The van der Waals surface area contributed by atoms with E-state index in [9.17, 15) is 4.79 Å². The minimum atomic E-state index is 0.0439. The molecular formula is C18H18N2OS3. The highest BCUT2D eigenvalue weighted by molar-refractivity contribution is 7.98. The zero-order chi connectivity index (χ0) is 16.6. The summed E-state index contributed by atoms with van der Waals surface area (Å²) in [7, 11) is 0. The molecule has 2 heterocycles. The van der Waals surface area contributed by atoms with Crippen molar-refractivity contribution in [3.8, 4) is 10.6 Å². The molecule has 0 fully saturated rings. The maximum absolute atomic E-state index is 12.0. The molecule has 1 aromatic carbocycles. The van der Waals surface area contributed by atoms with Gasteiger partial charge in [-0.3, -0.25) is 4.79 Å². The van der Waals surface area contributed by atoms with Gasteiger partial charge in [0.1, 0.15) is 0 Å². The average molecular weight is 375 g/mol. The fourth-order valence-electron chi connectivity index (χ4n) is 2.15. The first-order valence-corrected chi connectivity index (χ1v) is 10.6. The number of hydrogen-bond donors (Lipinski definition) is 1. The summed E-state index contributed by atoms with van der Waals surface area (Å²) in [5.74, 6) is 2.03. The van der Waals surface area contributed by atoms with E-state index >= 15 is 0 Å². The number of thioether (sulfide) groups is 1. The Labute approximate surface area is 154 Å². The SMILES string of the molecule is O=C(CCCSCc1ccccc1)Nc1nc(-c2cccs2)cs1. The van der Waals surface area contributed by atoms with E-state index in [2.05, 4.69) is 34.6 Å². The van der Waals surface area contributed by atoms with Crippen LogP contribution in [0.3, 0.4) is 0 Å². The summed E-state index contributed by atoms with van der Waals surface area (Å²) in [5, 5.41) is 7.59. The Morgan fingerprint density at radius 3 is 2.79 bits per heavy atom. The molecule has 24 heavy (non-hydrogen) atoms. The van der Waals surface area contributed by atoms with Crippen LogP contribution in [0.5, 0.6) is 0 Å². The fraction of sp³-hybridized carbons (Fsp3) is 0.222. The van der Waals surface area contributed by atoms with E-state index < -0.39 is 0 Å². The quantitative estimate of drug-likeness (QED) is 0.528. The summed E-state index contributed by atoms with van der Waals surface area (Å²) >= 11 is 5.00. The summed E-state index contributed by atoms with van der Waals surface area (Å²) in [6, 6.07) is 14.4. The number of anilines is 1. The molecule has 0 saturated heterocycles. The lowest BCUT2D eigenvalue weighted by atomic mass is 10.2. The van der Waals surface area contributed by atoms with Crippen molar-refractivity contribution in [2.45, 2.75) is 18.6 Å². The minimum Gasteiger partial charge on any atom is -0.302 e. The van der Waals surface area contributed by atoms with E-state index in [0.717, 1.165) is 28.5 Å². The smallest absolute Gasteiger partial charge is 0.226 e. The van der Waals surface area contributed by atoms with Crippen LogP contribution in [0.2, 0.25) is 0 Å². The first kappa shape index (κ1) is 17.2. The van der Waals surface area contributed by atoms with Gasteiger partial charge >= 0.3 is 0 Å². The lowest BCUT2D eigenvalue weighted by Gasteiger charge is -2.03. The molecule has 0 aliphatic carbocycles. The normalized spacial score (nSPS) is 10.7. The average Bonchev–Trinajstić information content (AvgIpc) is 3.27. The Balaban J connectivity index is 1.35. The molecule has 0 aliphatic rings. The molecule has 0 spiro atoms. The van der Waals surface area contributed by atoms with Gasteiger partial charge in [0, 0.05) is 17.6 Å². The molecule has 1 N–H and O–H groups in total. The third-order valence-corrected chi connectivity index (χ3v) is 6.09. The van der Waals surface area contributed by atoms with Crippen LogP contribution in [-0.4, -0.2) is 16.6 Å².